The molecule has 3 rings (SSSR count). The number of benzene rings is 2. The summed E-state index contributed by atoms with van der Waals surface area (Å²) in [4.78, 5) is 12.7. The standard InChI is InChI=1S/C18H16N2O3/c1-2-16-15(10-12-8-9-14(21)11-17(12)22)18(23)20(19-16)13-6-4-3-5-7-13/h2-11,19,21-22H,1H3. The molecule has 23 heavy (non-hydrogen) atoms. The monoisotopic (exact) mass is 308 g/mol. The highest BCUT2D eigenvalue weighted by molar-refractivity contribution is 5.58. The number of para-hydroxylation sites is 1. The molecule has 1 aromatic heterocycles. The summed E-state index contributed by atoms with van der Waals surface area (Å²) in [5, 5.41) is 23.4. The lowest BCUT2D eigenvalue weighted by Gasteiger charge is -1.99. The summed E-state index contributed by atoms with van der Waals surface area (Å²) in [6.07, 6.45) is 3.40. The fourth-order valence-electron chi connectivity index (χ4n) is 2.40. The van der Waals surface area contributed by atoms with E-state index in [1.54, 1.807) is 18.2 Å². The molecular formula is C18H16N2O3. The first-order valence-electron chi connectivity index (χ1n) is 7.16. The molecule has 0 atom stereocenters. The Hall–Kier alpha value is -3.21. The quantitative estimate of drug-likeness (QED) is 0.666. The van der Waals surface area contributed by atoms with Crippen LogP contribution < -0.4 is 16.1 Å². The lowest BCUT2D eigenvalue weighted by molar-refractivity contribution is 0.450. The van der Waals surface area contributed by atoms with E-state index in [0.717, 1.165) is 5.69 Å². The molecule has 0 fully saturated rings. The minimum atomic E-state index is -0.211. The van der Waals surface area contributed by atoms with Gasteiger partial charge in [-0.1, -0.05) is 24.3 Å². The van der Waals surface area contributed by atoms with E-state index in [1.807, 2.05) is 37.3 Å². The van der Waals surface area contributed by atoms with Crippen LogP contribution in [0.4, 0.5) is 0 Å². The Labute approximate surface area is 132 Å². The molecule has 0 aliphatic rings. The Morgan fingerprint density at radius 2 is 1.83 bits per heavy atom. The summed E-state index contributed by atoms with van der Waals surface area (Å²) in [6, 6.07) is 13.5. The van der Waals surface area contributed by atoms with E-state index in [-0.39, 0.29) is 17.1 Å². The van der Waals surface area contributed by atoms with Crippen LogP contribution in [0.15, 0.2) is 53.3 Å². The second kappa shape index (κ2) is 5.88. The summed E-state index contributed by atoms with van der Waals surface area (Å²) in [5.41, 5.74) is 0.981. The number of aromatic hydroxyl groups is 2. The van der Waals surface area contributed by atoms with Crippen molar-refractivity contribution < 1.29 is 10.2 Å². The lowest BCUT2D eigenvalue weighted by atomic mass is 10.1. The summed E-state index contributed by atoms with van der Waals surface area (Å²) in [7, 11) is 0. The van der Waals surface area contributed by atoms with E-state index in [1.165, 1.54) is 16.8 Å². The zero-order chi connectivity index (χ0) is 16.4. The van der Waals surface area contributed by atoms with Crippen molar-refractivity contribution in [2.24, 2.45) is 0 Å². The Bertz CT molecular complexity index is 1010. The molecule has 2 aromatic carbocycles. The molecule has 5 heteroatoms. The van der Waals surface area contributed by atoms with E-state index in [9.17, 15) is 15.0 Å². The van der Waals surface area contributed by atoms with Gasteiger partial charge in [0.1, 0.15) is 11.5 Å². The molecule has 0 bridgehead atoms. The van der Waals surface area contributed by atoms with Gasteiger partial charge in [-0.05, 0) is 37.3 Å². The molecule has 0 amide bonds. The summed E-state index contributed by atoms with van der Waals surface area (Å²) < 4.78 is 1.46. The molecule has 3 aromatic rings. The average molecular weight is 308 g/mol. The second-order valence-electron chi connectivity index (χ2n) is 5.09. The minimum Gasteiger partial charge on any atom is -0.508 e. The maximum atomic E-state index is 12.7. The molecule has 0 aliphatic carbocycles. The Morgan fingerprint density at radius 1 is 1.09 bits per heavy atom. The molecule has 0 aliphatic heterocycles. The number of phenols is 2. The maximum absolute atomic E-state index is 12.7. The fourth-order valence-corrected chi connectivity index (χ4v) is 2.40. The first-order valence-corrected chi connectivity index (χ1v) is 7.16. The van der Waals surface area contributed by atoms with E-state index >= 15 is 0 Å². The number of rotatable bonds is 2. The smallest absolute Gasteiger partial charge is 0.279 e. The third-order valence-electron chi connectivity index (χ3n) is 3.57. The van der Waals surface area contributed by atoms with Crippen molar-refractivity contribution in [3.63, 3.8) is 0 Å². The molecule has 0 saturated carbocycles. The number of nitrogens with one attached hydrogen (secondary N) is 1. The SMILES string of the molecule is CC=c1[nH]n(-c2ccccc2)c(=O)c1=Cc1ccc(O)cc1O. The molecule has 5 nitrogen and oxygen atoms in total. The van der Waals surface area contributed by atoms with Crippen LogP contribution in [-0.2, 0) is 0 Å². The van der Waals surface area contributed by atoms with Crippen LogP contribution in [0.1, 0.15) is 12.5 Å². The van der Waals surface area contributed by atoms with Crippen LogP contribution in [-0.4, -0.2) is 20.0 Å². The number of hydrogen-bond acceptors (Lipinski definition) is 3. The third kappa shape index (κ3) is 2.76. The first kappa shape index (κ1) is 14.7. The Morgan fingerprint density at radius 3 is 2.48 bits per heavy atom. The van der Waals surface area contributed by atoms with Gasteiger partial charge < -0.3 is 10.2 Å². The number of nitrogens with zero attached hydrogens (tertiary/aromatic N) is 1. The van der Waals surface area contributed by atoms with Gasteiger partial charge in [0.15, 0.2) is 0 Å². The Balaban J connectivity index is 2.27. The number of hydrogen-bond donors (Lipinski definition) is 3. The molecular weight excluding hydrogens is 292 g/mol. The molecule has 0 spiro atoms. The number of H-pyrrole nitrogens is 1. The summed E-state index contributed by atoms with van der Waals surface area (Å²) >= 11 is 0. The minimum absolute atomic E-state index is 0.0299. The van der Waals surface area contributed by atoms with Gasteiger partial charge in [-0.3, -0.25) is 9.89 Å². The van der Waals surface area contributed by atoms with Crippen LogP contribution in [0.3, 0.4) is 0 Å². The van der Waals surface area contributed by atoms with Gasteiger partial charge in [0, 0.05) is 11.6 Å². The van der Waals surface area contributed by atoms with Crippen molar-refractivity contribution in [1.82, 2.24) is 9.78 Å². The summed E-state index contributed by atoms with van der Waals surface area (Å²) in [5.74, 6) is -0.114. The van der Waals surface area contributed by atoms with Gasteiger partial charge in [-0.15, -0.1) is 0 Å². The highest BCUT2D eigenvalue weighted by atomic mass is 16.3. The number of phenolic OH excluding ortho intramolecular Hbond substituents is 2. The van der Waals surface area contributed by atoms with Gasteiger partial charge in [0.25, 0.3) is 5.56 Å². The molecule has 1 heterocycles. The number of aromatic amines is 1. The van der Waals surface area contributed by atoms with Crippen LogP contribution in [0.5, 0.6) is 11.5 Å². The van der Waals surface area contributed by atoms with E-state index < -0.39 is 0 Å². The lowest BCUT2D eigenvalue weighted by Crippen LogP contribution is -2.34. The van der Waals surface area contributed by atoms with Crippen molar-refractivity contribution in [3.05, 3.63) is 75.0 Å². The van der Waals surface area contributed by atoms with Gasteiger partial charge >= 0.3 is 0 Å². The predicted octanol–water partition coefficient (Wildman–Crippen LogP) is 1.21. The van der Waals surface area contributed by atoms with Crippen molar-refractivity contribution >= 4 is 12.2 Å². The highest BCUT2D eigenvalue weighted by Gasteiger charge is 2.06. The van der Waals surface area contributed by atoms with Crippen LogP contribution >= 0.6 is 0 Å². The molecule has 116 valence electrons. The van der Waals surface area contributed by atoms with Crippen molar-refractivity contribution in [2.75, 3.05) is 0 Å². The van der Waals surface area contributed by atoms with E-state index in [4.69, 9.17) is 0 Å². The molecule has 0 unspecified atom stereocenters. The maximum Gasteiger partial charge on any atom is 0.279 e. The van der Waals surface area contributed by atoms with E-state index in [0.29, 0.717) is 16.1 Å². The average Bonchev–Trinajstić information content (AvgIpc) is 2.87. The van der Waals surface area contributed by atoms with Crippen LogP contribution in [0.25, 0.3) is 17.8 Å². The second-order valence-corrected chi connectivity index (χ2v) is 5.09. The highest BCUT2D eigenvalue weighted by Crippen LogP contribution is 2.22. The Kier molecular flexibility index (Phi) is 3.76. The molecule has 3 N–H and O–H groups in total. The van der Waals surface area contributed by atoms with Gasteiger partial charge in [-0.25, -0.2) is 4.68 Å². The molecule has 0 radical (unpaired) electrons. The zero-order valence-corrected chi connectivity index (χ0v) is 12.5. The van der Waals surface area contributed by atoms with E-state index in [2.05, 4.69) is 5.10 Å². The predicted molar refractivity (Wildman–Crippen MR) is 89.1 cm³/mol. The van der Waals surface area contributed by atoms with Crippen molar-refractivity contribution in [3.8, 4) is 17.2 Å². The van der Waals surface area contributed by atoms with Crippen LogP contribution in [0.2, 0.25) is 0 Å². The summed E-state index contributed by atoms with van der Waals surface area (Å²) in [6.45, 7) is 1.83. The number of aromatic nitrogens is 2. The van der Waals surface area contributed by atoms with Crippen LogP contribution in [0, 0.1) is 0 Å². The van der Waals surface area contributed by atoms with Gasteiger partial charge in [0.2, 0.25) is 0 Å². The van der Waals surface area contributed by atoms with Crippen molar-refractivity contribution in [1.29, 1.82) is 0 Å². The molecule has 0 saturated heterocycles. The van der Waals surface area contributed by atoms with Gasteiger partial charge in [0.05, 0.1) is 16.3 Å². The zero-order valence-electron chi connectivity index (χ0n) is 12.5. The normalized spacial score (nSPS) is 12.7. The third-order valence-corrected chi connectivity index (χ3v) is 3.57. The fraction of sp³-hybridized carbons (Fsp3) is 0.0556. The first-order chi connectivity index (χ1) is 11.1. The van der Waals surface area contributed by atoms with Gasteiger partial charge in [-0.2, -0.15) is 0 Å². The topological polar surface area (TPSA) is 78.2 Å². The van der Waals surface area contributed by atoms with Crippen molar-refractivity contribution in [2.45, 2.75) is 6.92 Å². The largest absolute Gasteiger partial charge is 0.508 e.